The Morgan fingerprint density at radius 3 is 2.46 bits per heavy atom. The highest BCUT2D eigenvalue weighted by Crippen LogP contribution is 2.44. The standard InChI is InChI=1S/C30H30ClN5O2S/c1-18(2)29(37)33-24-14-11-21(17-23(24)31)36-28(27(34-30(36)39)25-7-5-6-16-32-25)26-15-8-19(3)35(26)20-9-12-22(38-4)13-10-20/h5-18,27-28H,1-4H3,(H,33,37)(H,34,39)/t27-,28-/m1/s1. The molecule has 2 N–H and O–H groups in total. The van der Waals surface area contributed by atoms with E-state index in [-0.39, 0.29) is 23.9 Å². The summed E-state index contributed by atoms with van der Waals surface area (Å²) in [5, 5.41) is 7.40. The minimum atomic E-state index is -0.240. The molecule has 3 heterocycles. The van der Waals surface area contributed by atoms with Gasteiger partial charge in [-0.2, -0.15) is 0 Å². The van der Waals surface area contributed by atoms with Gasteiger partial charge in [-0.05, 0) is 85.9 Å². The summed E-state index contributed by atoms with van der Waals surface area (Å²) in [5.74, 6) is 0.540. The average Bonchev–Trinajstić information content (AvgIpc) is 3.49. The van der Waals surface area contributed by atoms with Gasteiger partial charge >= 0.3 is 0 Å². The minimum Gasteiger partial charge on any atom is -0.497 e. The smallest absolute Gasteiger partial charge is 0.226 e. The zero-order chi connectivity index (χ0) is 27.7. The lowest BCUT2D eigenvalue weighted by molar-refractivity contribution is -0.118. The van der Waals surface area contributed by atoms with Gasteiger partial charge in [0.15, 0.2) is 5.11 Å². The molecule has 39 heavy (non-hydrogen) atoms. The summed E-state index contributed by atoms with van der Waals surface area (Å²) in [6.07, 6.45) is 1.79. The Bertz CT molecular complexity index is 1500. The molecule has 2 atom stereocenters. The number of thiocarbonyl (C=S) groups is 1. The number of aryl methyl sites for hydroxylation is 1. The number of hydrogen-bond donors (Lipinski definition) is 2. The fourth-order valence-corrected chi connectivity index (χ4v) is 5.41. The van der Waals surface area contributed by atoms with Crippen LogP contribution in [-0.4, -0.2) is 27.7 Å². The third-order valence-electron chi connectivity index (χ3n) is 6.85. The van der Waals surface area contributed by atoms with E-state index in [4.69, 9.17) is 28.6 Å². The third-order valence-corrected chi connectivity index (χ3v) is 7.48. The number of hydrogen-bond acceptors (Lipinski definition) is 4. The first-order valence-corrected chi connectivity index (χ1v) is 13.5. The van der Waals surface area contributed by atoms with Crippen LogP contribution in [0.2, 0.25) is 5.02 Å². The summed E-state index contributed by atoms with van der Waals surface area (Å²) < 4.78 is 7.60. The van der Waals surface area contributed by atoms with Crippen LogP contribution in [0.3, 0.4) is 0 Å². The first-order valence-electron chi connectivity index (χ1n) is 12.7. The fourth-order valence-electron chi connectivity index (χ4n) is 4.84. The van der Waals surface area contributed by atoms with Crippen LogP contribution in [-0.2, 0) is 4.79 Å². The topological polar surface area (TPSA) is 71.4 Å². The number of nitrogens with one attached hydrogen (secondary N) is 2. The molecule has 1 fully saturated rings. The molecule has 0 radical (unpaired) electrons. The zero-order valence-electron chi connectivity index (χ0n) is 22.2. The van der Waals surface area contributed by atoms with Crippen molar-refractivity contribution in [2.75, 3.05) is 17.3 Å². The van der Waals surface area contributed by atoms with Gasteiger partial charge in [0.1, 0.15) is 11.8 Å². The number of halogens is 1. The van der Waals surface area contributed by atoms with Crippen LogP contribution in [0, 0.1) is 12.8 Å². The number of carbonyl (C=O) groups excluding carboxylic acids is 1. The quantitative estimate of drug-likeness (QED) is 0.248. The van der Waals surface area contributed by atoms with Crippen molar-refractivity contribution in [3.8, 4) is 11.4 Å². The molecule has 5 rings (SSSR count). The Morgan fingerprint density at radius 1 is 1.08 bits per heavy atom. The number of amides is 1. The van der Waals surface area contributed by atoms with Gasteiger partial charge in [0, 0.05) is 34.9 Å². The second-order valence-electron chi connectivity index (χ2n) is 9.74. The number of benzene rings is 2. The van der Waals surface area contributed by atoms with Gasteiger partial charge in [-0.25, -0.2) is 0 Å². The van der Waals surface area contributed by atoms with E-state index in [9.17, 15) is 4.79 Å². The van der Waals surface area contributed by atoms with Crippen molar-refractivity contribution in [3.63, 3.8) is 0 Å². The molecule has 0 unspecified atom stereocenters. The van der Waals surface area contributed by atoms with E-state index in [1.807, 2.05) is 74.5 Å². The molecule has 1 amide bonds. The van der Waals surface area contributed by atoms with Crippen LogP contribution in [0.4, 0.5) is 11.4 Å². The number of ether oxygens (including phenoxy) is 1. The third kappa shape index (κ3) is 5.22. The minimum absolute atomic E-state index is 0.0936. The molecule has 9 heteroatoms. The van der Waals surface area contributed by atoms with Crippen molar-refractivity contribution >= 4 is 46.2 Å². The van der Waals surface area contributed by atoms with Crippen LogP contribution in [0.1, 0.15) is 43.0 Å². The van der Waals surface area contributed by atoms with Gasteiger partial charge in [-0.3, -0.25) is 9.78 Å². The molecule has 0 spiro atoms. The summed E-state index contributed by atoms with van der Waals surface area (Å²) in [6, 6.07) is 23.2. The van der Waals surface area contributed by atoms with Gasteiger partial charge in [0.05, 0.1) is 29.6 Å². The molecule has 0 aliphatic carbocycles. The molecule has 200 valence electrons. The number of anilines is 2. The predicted molar refractivity (Wildman–Crippen MR) is 160 cm³/mol. The van der Waals surface area contributed by atoms with E-state index < -0.39 is 0 Å². The lowest BCUT2D eigenvalue weighted by atomic mass is 10.0. The van der Waals surface area contributed by atoms with Crippen molar-refractivity contribution in [1.82, 2.24) is 14.9 Å². The first kappa shape index (κ1) is 26.7. The lowest BCUT2D eigenvalue weighted by Gasteiger charge is -2.29. The van der Waals surface area contributed by atoms with Crippen LogP contribution in [0.25, 0.3) is 5.69 Å². The Kier molecular flexibility index (Phi) is 7.59. The molecule has 2 aromatic heterocycles. The lowest BCUT2D eigenvalue weighted by Crippen LogP contribution is -2.30. The summed E-state index contributed by atoms with van der Waals surface area (Å²) in [6.45, 7) is 5.76. The Labute approximate surface area is 238 Å². The summed E-state index contributed by atoms with van der Waals surface area (Å²) in [7, 11) is 1.66. The number of methoxy groups -OCH3 is 1. The molecule has 0 bridgehead atoms. The summed E-state index contributed by atoms with van der Waals surface area (Å²) in [5.41, 5.74) is 5.37. The van der Waals surface area contributed by atoms with E-state index in [0.717, 1.165) is 34.2 Å². The summed E-state index contributed by atoms with van der Waals surface area (Å²) in [4.78, 5) is 19.0. The van der Waals surface area contributed by atoms with E-state index in [1.54, 1.807) is 13.3 Å². The number of aromatic nitrogens is 2. The van der Waals surface area contributed by atoms with Crippen molar-refractivity contribution in [2.45, 2.75) is 32.9 Å². The molecule has 4 aromatic rings. The Balaban J connectivity index is 1.62. The second-order valence-corrected chi connectivity index (χ2v) is 10.5. The molecule has 1 saturated heterocycles. The maximum absolute atomic E-state index is 12.3. The molecule has 1 aliphatic heterocycles. The molecule has 0 saturated carbocycles. The molecular formula is C30H30ClN5O2S. The van der Waals surface area contributed by atoms with E-state index in [1.165, 1.54) is 0 Å². The maximum atomic E-state index is 12.3. The van der Waals surface area contributed by atoms with Gasteiger partial charge in [-0.15, -0.1) is 0 Å². The van der Waals surface area contributed by atoms with Gasteiger partial charge in [0.2, 0.25) is 5.91 Å². The van der Waals surface area contributed by atoms with Crippen molar-refractivity contribution in [1.29, 1.82) is 0 Å². The van der Waals surface area contributed by atoms with E-state index >= 15 is 0 Å². The van der Waals surface area contributed by atoms with Gasteiger partial charge < -0.3 is 24.8 Å². The fraction of sp³-hybridized carbons (Fsp3) is 0.233. The predicted octanol–water partition coefficient (Wildman–Crippen LogP) is 6.61. The molecular weight excluding hydrogens is 530 g/mol. The average molecular weight is 560 g/mol. The highest BCUT2D eigenvalue weighted by molar-refractivity contribution is 7.80. The highest BCUT2D eigenvalue weighted by atomic mass is 35.5. The zero-order valence-corrected chi connectivity index (χ0v) is 23.8. The first-order chi connectivity index (χ1) is 18.8. The monoisotopic (exact) mass is 559 g/mol. The van der Waals surface area contributed by atoms with Gasteiger partial charge in [-0.1, -0.05) is 31.5 Å². The van der Waals surface area contributed by atoms with Crippen molar-refractivity contribution < 1.29 is 9.53 Å². The number of carbonyl (C=O) groups is 1. The highest BCUT2D eigenvalue weighted by Gasteiger charge is 2.42. The van der Waals surface area contributed by atoms with E-state index in [0.29, 0.717) is 15.8 Å². The number of nitrogens with zero attached hydrogens (tertiary/aromatic N) is 3. The molecule has 2 aromatic carbocycles. The Morgan fingerprint density at radius 2 is 1.82 bits per heavy atom. The SMILES string of the molecule is COc1ccc(-n2c(C)ccc2[C@@H]2[C@@H](c3ccccn3)NC(=S)N2c2ccc(NC(=O)C(C)C)c(Cl)c2)cc1. The van der Waals surface area contributed by atoms with Crippen LogP contribution in [0.15, 0.2) is 79.0 Å². The van der Waals surface area contributed by atoms with Crippen molar-refractivity contribution in [3.05, 3.63) is 101 Å². The number of rotatable bonds is 7. The van der Waals surface area contributed by atoms with Crippen LogP contribution in [0.5, 0.6) is 5.75 Å². The Hall–Kier alpha value is -3.88. The molecule has 1 aliphatic rings. The van der Waals surface area contributed by atoms with Gasteiger partial charge in [0.25, 0.3) is 0 Å². The van der Waals surface area contributed by atoms with E-state index in [2.05, 4.69) is 44.1 Å². The molecule has 7 nitrogen and oxygen atoms in total. The number of pyridine rings is 1. The van der Waals surface area contributed by atoms with Crippen LogP contribution < -0.4 is 20.3 Å². The summed E-state index contributed by atoms with van der Waals surface area (Å²) >= 11 is 12.6. The largest absolute Gasteiger partial charge is 0.497 e. The second kappa shape index (κ2) is 11.1. The normalized spacial score (nSPS) is 16.9. The van der Waals surface area contributed by atoms with Crippen LogP contribution >= 0.6 is 23.8 Å². The van der Waals surface area contributed by atoms with Crippen molar-refractivity contribution in [2.24, 2.45) is 5.92 Å². The maximum Gasteiger partial charge on any atom is 0.226 e.